The highest BCUT2D eigenvalue weighted by Crippen LogP contribution is 2.34. The van der Waals surface area contributed by atoms with E-state index in [1.165, 1.54) is 0 Å². The first-order chi connectivity index (χ1) is 16.3. The van der Waals surface area contributed by atoms with E-state index in [-0.39, 0.29) is 47.3 Å². The van der Waals surface area contributed by atoms with Crippen LogP contribution in [-0.4, -0.2) is 69.9 Å². The Hall–Kier alpha value is -1.68. The Bertz CT molecular complexity index is 772. The van der Waals surface area contributed by atoms with Crippen LogP contribution in [0.5, 0.6) is 0 Å². The van der Waals surface area contributed by atoms with Gasteiger partial charge in [0.1, 0.15) is 12.1 Å². The molecule has 0 spiro atoms. The molecule has 208 valence electrons. The topological polar surface area (TPSA) is 138 Å². The Morgan fingerprint density at radius 3 is 2.25 bits per heavy atom. The molecule has 0 bridgehead atoms. The van der Waals surface area contributed by atoms with Gasteiger partial charge in [-0.05, 0) is 77.4 Å². The van der Waals surface area contributed by atoms with Crippen molar-refractivity contribution in [3.8, 4) is 0 Å². The molecule has 1 aliphatic carbocycles. The Morgan fingerprint density at radius 1 is 1.11 bits per heavy atom. The van der Waals surface area contributed by atoms with Crippen LogP contribution in [0.4, 0.5) is 4.79 Å². The summed E-state index contributed by atoms with van der Waals surface area (Å²) in [5.74, 6) is 0.392. The molecule has 3 amide bonds. The van der Waals surface area contributed by atoms with Gasteiger partial charge >= 0.3 is 6.09 Å². The van der Waals surface area contributed by atoms with Crippen LogP contribution < -0.4 is 16.4 Å². The quantitative estimate of drug-likeness (QED) is 0.243. The zero-order valence-electron chi connectivity index (χ0n) is 22.6. The van der Waals surface area contributed by atoms with E-state index >= 15 is 0 Å². The number of likely N-dealkylation sites (tertiary alicyclic amines) is 1. The summed E-state index contributed by atoms with van der Waals surface area (Å²) in [5.41, 5.74) is 5.64. The predicted octanol–water partition coefficient (Wildman–Crippen LogP) is 3.68. The van der Waals surface area contributed by atoms with E-state index in [0.29, 0.717) is 25.4 Å². The highest BCUT2D eigenvalue weighted by molar-refractivity contribution is 8.01. The van der Waals surface area contributed by atoms with Crippen molar-refractivity contribution in [2.75, 3.05) is 13.1 Å². The van der Waals surface area contributed by atoms with Gasteiger partial charge in [-0.25, -0.2) is 4.79 Å². The number of nitrogens with one attached hydrogen (secondary N) is 3. The van der Waals surface area contributed by atoms with Crippen molar-refractivity contribution in [1.29, 1.82) is 5.41 Å². The van der Waals surface area contributed by atoms with E-state index < -0.39 is 22.9 Å². The van der Waals surface area contributed by atoms with Crippen molar-refractivity contribution in [2.24, 2.45) is 17.6 Å². The molecule has 2 fully saturated rings. The molecule has 0 aromatic rings. The average Bonchev–Trinajstić information content (AvgIpc) is 3.24. The van der Waals surface area contributed by atoms with Crippen LogP contribution in [0.15, 0.2) is 0 Å². The number of carbonyl (C=O) groups is 3. The van der Waals surface area contributed by atoms with E-state index in [1.807, 2.05) is 13.8 Å². The Balaban J connectivity index is 0.00000648. The smallest absolute Gasteiger partial charge is 0.408 e. The van der Waals surface area contributed by atoms with Crippen LogP contribution in [0.1, 0.15) is 80.1 Å². The number of alkyl carbamates (subject to hydrolysis) is 1. The summed E-state index contributed by atoms with van der Waals surface area (Å²) in [4.78, 5) is 41.0. The molecule has 2 rings (SSSR count). The molecule has 11 heteroatoms. The molecule has 1 saturated carbocycles. The summed E-state index contributed by atoms with van der Waals surface area (Å²) >= 11 is 1.61. The molecular weight excluding hydrogens is 502 g/mol. The number of hydrogen-bond acceptors (Lipinski definition) is 6. The van der Waals surface area contributed by atoms with E-state index in [1.54, 1.807) is 30.5 Å². The summed E-state index contributed by atoms with van der Waals surface area (Å²) in [6, 6.07) is -1.36. The number of nitrogens with two attached hydrogens (primary N) is 1. The fourth-order valence-electron chi connectivity index (χ4n) is 5.08. The van der Waals surface area contributed by atoms with Gasteiger partial charge in [0.2, 0.25) is 11.8 Å². The third kappa shape index (κ3) is 9.32. The standard InChI is InChI=1S/C25H45N5O4S.ClH/c1-15(2)34-24(33)29-20(25(5,6)35-16(3)4)23(32)30-13-7-8-19(30)22(31)28-14-17-9-11-18(12-10-17)21(26)27;/h15-20H,7-14H2,1-6H3,(H3,26,27)(H,28,31)(H,29,33);1H/t17-,18-,19-,20-;/m0./s1. The molecule has 2 aliphatic rings. The first-order valence-electron chi connectivity index (χ1n) is 12.9. The minimum atomic E-state index is -0.823. The van der Waals surface area contributed by atoms with Crippen molar-refractivity contribution < 1.29 is 19.1 Å². The number of ether oxygens (including phenoxy) is 1. The van der Waals surface area contributed by atoms with Crippen molar-refractivity contribution >= 4 is 47.9 Å². The Morgan fingerprint density at radius 2 is 1.72 bits per heavy atom. The van der Waals surface area contributed by atoms with Crippen molar-refractivity contribution in [3.63, 3.8) is 0 Å². The maximum atomic E-state index is 13.7. The van der Waals surface area contributed by atoms with Crippen LogP contribution in [0.2, 0.25) is 0 Å². The van der Waals surface area contributed by atoms with Gasteiger partial charge in [0.15, 0.2) is 0 Å². The fourth-order valence-corrected chi connectivity index (χ4v) is 6.59. The first-order valence-corrected chi connectivity index (χ1v) is 13.8. The molecule has 9 nitrogen and oxygen atoms in total. The van der Waals surface area contributed by atoms with E-state index in [9.17, 15) is 14.4 Å². The largest absolute Gasteiger partial charge is 0.447 e. The highest BCUT2D eigenvalue weighted by Gasteiger charge is 2.44. The Kier molecular flexibility index (Phi) is 12.9. The van der Waals surface area contributed by atoms with Gasteiger partial charge in [-0.15, -0.1) is 12.4 Å². The minimum Gasteiger partial charge on any atom is -0.447 e. The highest BCUT2D eigenvalue weighted by atomic mass is 35.5. The summed E-state index contributed by atoms with van der Waals surface area (Å²) in [6.07, 6.45) is 4.05. The zero-order valence-corrected chi connectivity index (χ0v) is 24.2. The fraction of sp³-hybridized carbons (Fsp3) is 0.840. The molecule has 0 unspecified atom stereocenters. The molecule has 1 heterocycles. The summed E-state index contributed by atoms with van der Waals surface area (Å²) in [6.45, 7) is 12.6. The van der Waals surface area contributed by atoms with Gasteiger partial charge < -0.3 is 26.0 Å². The summed E-state index contributed by atoms with van der Waals surface area (Å²) < 4.78 is 4.67. The van der Waals surface area contributed by atoms with Crippen molar-refractivity contribution in [2.45, 2.75) is 108 Å². The van der Waals surface area contributed by atoms with Crippen LogP contribution in [-0.2, 0) is 14.3 Å². The maximum Gasteiger partial charge on any atom is 0.408 e. The van der Waals surface area contributed by atoms with Gasteiger partial charge in [0, 0.05) is 23.8 Å². The van der Waals surface area contributed by atoms with Crippen LogP contribution >= 0.6 is 24.2 Å². The summed E-state index contributed by atoms with van der Waals surface area (Å²) in [7, 11) is 0. The molecule has 36 heavy (non-hydrogen) atoms. The van der Waals surface area contributed by atoms with Crippen molar-refractivity contribution in [3.05, 3.63) is 0 Å². The van der Waals surface area contributed by atoms with E-state index in [4.69, 9.17) is 15.9 Å². The first kappa shape index (κ1) is 32.3. The SMILES string of the molecule is CC(C)OC(=O)N[C@@H](C(=O)N1CCC[C@H]1C(=O)NC[C@H]1CC[C@H](C(=N)N)CC1)C(C)(C)SC(C)C.Cl. The zero-order chi connectivity index (χ0) is 26.3. The molecule has 5 N–H and O–H groups in total. The van der Waals surface area contributed by atoms with Crippen LogP contribution in [0.3, 0.4) is 0 Å². The minimum absolute atomic E-state index is 0. The van der Waals surface area contributed by atoms with Gasteiger partial charge in [-0.2, -0.15) is 11.8 Å². The monoisotopic (exact) mass is 547 g/mol. The molecule has 2 atom stereocenters. The molecule has 0 aromatic heterocycles. The van der Waals surface area contributed by atoms with Gasteiger partial charge in [-0.3, -0.25) is 15.0 Å². The molecule has 0 radical (unpaired) electrons. The number of amidine groups is 1. The van der Waals surface area contributed by atoms with Gasteiger partial charge in [-0.1, -0.05) is 13.8 Å². The third-order valence-electron chi connectivity index (χ3n) is 6.78. The number of thioether (sulfide) groups is 1. The lowest BCUT2D eigenvalue weighted by molar-refractivity contribution is -0.140. The van der Waals surface area contributed by atoms with Crippen molar-refractivity contribution in [1.82, 2.24) is 15.5 Å². The molecule has 0 aromatic carbocycles. The molecule has 1 saturated heterocycles. The number of hydrogen-bond donors (Lipinski definition) is 4. The molecule has 1 aliphatic heterocycles. The number of carbonyl (C=O) groups excluding carboxylic acids is 3. The lowest BCUT2D eigenvalue weighted by atomic mass is 9.81. The lowest BCUT2D eigenvalue weighted by Crippen LogP contribution is -2.60. The third-order valence-corrected chi connectivity index (χ3v) is 8.09. The Labute approximate surface area is 226 Å². The second kappa shape index (κ2) is 14.3. The van der Waals surface area contributed by atoms with E-state index in [0.717, 1.165) is 32.1 Å². The second-order valence-electron chi connectivity index (χ2n) is 10.9. The second-order valence-corrected chi connectivity index (χ2v) is 13.1. The van der Waals surface area contributed by atoms with Gasteiger partial charge in [0.25, 0.3) is 0 Å². The lowest BCUT2D eigenvalue weighted by Gasteiger charge is -2.38. The van der Waals surface area contributed by atoms with E-state index in [2.05, 4.69) is 24.5 Å². The maximum absolute atomic E-state index is 13.7. The predicted molar refractivity (Wildman–Crippen MR) is 148 cm³/mol. The normalized spacial score (nSPS) is 23.1. The summed E-state index contributed by atoms with van der Waals surface area (Å²) in [5, 5.41) is 13.7. The average molecular weight is 548 g/mol. The number of nitrogens with zero attached hydrogens (tertiary/aromatic N) is 1. The number of halogens is 1. The number of amides is 3. The van der Waals surface area contributed by atoms with Crippen LogP contribution in [0.25, 0.3) is 0 Å². The van der Waals surface area contributed by atoms with Crippen LogP contribution in [0, 0.1) is 17.2 Å². The molecular formula is C25H46ClN5O4S. The van der Waals surface area contributed by atoms with Gasteiger partial charge in [0.05, 0.1) is 11.9 Å². The number of rotatable bonds is 10.